The topological polar surface area (TPSA) is 105 Å². The van der Waals surface area contributed by atoms with Gasteiger partial charge in [0, 0.05) is 23.7 Å². The maximum absolute atomic E-state index is 13.9. The van der Waals surface area contributed by atoms with Gasteiger partial charge in [0.1, 0.15) is 25.8 Å². The molecule has 0 saturated heterocycles. The van der Waals surface area contributed by atoms with Crippen molar-refractivity contribution in [3.05, 3.63) is 53.1 Å². The molecule has 0 fully saturated rings. The lowest BCUT2D eigenvalue weighted by atomic mass is 10.1. The molecular formula is C27H36ClN3O6S. The third kappa shape index (κ3) is 7.11. The van der Waals surface area contributed by atoms with Gasteiger partial charge in [0.25, 0.3) is 0 Å². The zero-order valence-corrected chi connectivity index (χ0v) is 23.8. The highest BCUT2D eigenvalue weighted by molar-refractivity contribution is 7.92. The molecule has 38 heavy (non-hydrogen) atoms. The lowest BCUT2D eigenvalue weighted by Crippen LogP contribution is -2.53. The second-order valence-electron chi connectivity index (χ2n) is 9.09. The number of ether oxygens (including phenoxy) is 2. The minimum absolute atomic E-state index is 0.0477. The molecule has 1 heterocycles. The standard InChI is InChI=1S/C27H36ClN3O6S/c1-5-19(4)29-27(33)23(6-2)30(17-20-10-8-9-11-22(20)28)26(32)18-31(38(34,35)7-3)21-12-13-24-25(16-21)37-15-14-36-24/h8-13,16,19,23H,5-7,14-15,17-18H2,1-4H3,(H,29,33)/t19-,23-/m0/s1. The summed E-state index contributed by atoms with van der Waals surface area (Å²) in [4.78, 5) is 28.5. The van der Waals surface area contributed by atoms with Gasteiger partial charge in [-0.25, -0.2) is 8.42 Å². The number of anilines is 1. The van der Waals surface area contributed by atoms with Crippen molar-refractivity contribution in [2.75, 3.05) is 29.8 Å². The second-order valence-corrected chi connectivity index (χ2v) is 11.7. The molecule has 2 aromatic rings. The van der Waals surface area contributed by atoms with Crippen molar-refractivity contribution in [3.8, 4) is 11.5 Å². The van der Waals surface area contributed by atoms with Crippen LogP contribution in [0, 0.1) is 0 Å². The summed E-state index contributed by atoms with van der Waals surface area (Å²) in [6.07, 6.45) is 1.07. The quantitative estimate of drug-likeness (QED) is 0.417. The summed E-state index contributed by atoms with van der Waals surface area (Å²) in [7, 11) is -3.86. The lowest BCUT2D eigenvalue weighted by molar-refractivity contribution is -0.140. The zero-order valence-electron chi connectivity index (χ0n) is 22.3. The van der Waals surface area contributed by atoms with Crippen molar-refractivity contribution in [3.63, 3.8) is 0 Å². The maximum Gasteiger partial charge on any atom is 0.244 e. The fourth-order valence-electron chi connectivity index (χ4n) is 4.08. The normalized spacial score (nSPS) is 14.3. The largest absolute Gasteiger partial charge is 0.486 e. The van der Waals surface area contributed by atoms with Crippen LogP contribution in [0.25, 0.3) is 0 Å². The molecular weight excluding hydrogens is 530 g/mol. The Labute approximate surface area is 230 Å². The molecule has 1 N–H and O–H groups in total. The van der Waals surface area contributed by atoms with Crippen LogP contribution in [0.1, 0.15) is 46.1 Å². The number of fused-ring (bicyclic) bond motifs is 1. The Balaban J connectivity index is 1.99. The molecule has 2 amide bonds. The van der Waals surface area contributed by atoms with E-state index in [1.807, 2.05) is 20.8 Å². The summed E-state index contributed by atoms with van der Waals surface area (Å²) in [5.74, 6) is -0.127. The predicted octanol–water partition coefficient (Wildman–Crippen LogP) is 3.99. The first-order valence-electron chi connectivity index (χ1n) is 12.8. The average Bonchev–Trinajstić information content (AvgIpc) is 2.92. The fourth-order valence-corrected chi connectivity index (χ4v) is 5.33. The number of carbonyl (C=O) groups excluding carboxylic acids is 2. The van der Waals surface area contributed by atoms with E-state index in [4.69, 9.17) is 21.1 Å². The first-order valence-corrected chi connectivity index (χ1v) is 14.8. The summed E-state index contributed by atoms with van der Waals surface area (Å²) < 4.78 is 38.6. The molecule has 9 nitrogen and oxygen atoms in total. The van der Waals surface area contributed by atoms with Gasteiger partial charge < -0.3 is 19.7 Å². The van der Waals surface area contributed by atoms with Crippen LogP contribution in [0.3, 0.4) is 0 Å². The second kappa shape index (κ2) is 13.2. The van der Waals surface area contributed by atoms with E-state index >= 15 is 0 Å². The molecule has 2 aromatic carbocycles. The monoisotopic (exact) mass is 565 g/mol. The molecule has 1 aliphatic rings. The zero-order chi connectivity index (χ0) is 27.9. The van der Waals surface area contributed by atoms with Crippen LogP contribution in [0.15, 0.2) is 42.5 Å². The van der Waals surface area contributed by atoms with Gasteiger partial charge in [-0.05, 0) is 50.5 Å². The fraction of sp³-hybridized carbons (Fsp3) is 0.481. The molecule has 0 aromatic heterocycles. The van der Waals surface area contributed by atoms with Gasteiger partial charge in [-0.2, -0.15) is 0 Å². The van der Waals surface area contributed by atoms with Gasteiger partial charge >= 0.3 is 0 Å². The summed E-state index contributed by atoms with van der Waals surface area (Å²) in [5.41, 5.74) is 0.931. The Hall–Kier alpha value is -2.98. The van der Waals surface area contributed by atoms with Crippen LogP contribution < -0.4 is 19.1 Å². The van der Waals surface area contributed by atoms with E-state index in [1.165, 1.54) is 11.8 Å². The number of carbonyl (C=O) groups is 2. The Kier molecular flexibility index (Phi) is 10.3. The van der Waals surface area contributed by atoms with E-state index in [1.54, 1.807) is 42.5 Å². The molecule has 0 radical (unpaired) electrons. The van der Waals surface area contributed by atoms with Crippen LogP contribution in [0.4, 0.5) is 5.69 Å². The predicted molar refractivity (Wildman–Crippen MR) is 148 cm³/mol. The molecule has 0 aliphatic carbocycles. The number of benzene rings is 2. The Morgan fingerprint density at radius 1 is 1.03 bits per heavy atom. The summed E-state index contributed by atoms with van der Waals surface area (Å²) in [6.45, 7) is 7.47. The summed E-state index contributed by atoms with van der Waals surface area (Å²) in [6, 6.07) is 10.9. The Bertz CT molecular complexity index is 1240. The number of rotatable bonds is 12. The van der Waals surface area contributed by atoms with Gasteiger partial charge in [0.15, 0.2) is 11.5 Å². The molecule has 0 spiro atoms. The number of hydrogen-bond donors (Lipinski definition) is 1. The van der Waals surface area contributed by atoms with Crippen molar-refractivity contribution in [2.24, 2.45) is 0 Å². The van der Waals surface area contributed by atoms with Gasteiger partial charge in [-0.1, -0.05) is 43.6 Å². The van der Waals surface area contributed by atoms with Crippen molar-refractivity contribution in [1.29, 1.82) is 0 Å². The molecule has 0 unspecified atom stereocenters. The first-order chi connectivity index (χ1) is 18.1. The van der Waals surface area contributed by atoms with Gasteiger partial charge in [0.05, 0.1) is 11.4 Å². The van der Waals surface area contributed by atoms with Crippen LogP contribution >= 0.6 is 11.6 Å². The number of halogens is 1. The van der Waals surface area contributed by atoms with Crippen molar-refractivity contribution in [2.45, 2.75) is 59.2 Å². The Morgan fingerprint density at radius 2 is 1.71 bits per heavy atom. The van der Waals surface area contributed by atoms with Crippen LogP contribution in [0.5, 0.6) is 11.5 Å². The Morgan fingerprint density at radius 3 is 2.34 bits per heavy atom. The van der Waals surface area contributed by atoms with Crippen LogP contribution in [0.2, 0.25) is 5.02 Å². The van der Waals surface area contributed by atoms with E-state index in [0.29, 0.717) is 41.7 Å². The van der Waals surface area contributed by atoms with Gasteiger partial charge in [-0.15, -0.1) is 0 Å². The minimum Gasteiger partial charge on any atom is -0.486 e. The smallest absolute Gasteiger partial charge is 0.244 e. The van der Waals surface area contributed by atoms with E-state index < -0.39 is 28.5 Å². The average molecular weight is 566 g/mol. The molecule has 0 bridgehead atoms. The third-order valence-corrected chi connectivity index (χ3v) is 8.59. The molecule has 3 rings (SSSR count). The highest BCUT2D eigenvalue weighted by atomic mass is 35.5. The minimum atomic E-state index is -3.86. The highest BCUT2D eigenvalue weighted by Gasteiger charge is 2.33. The number of sulfonamides is 1. The number of nitrogens with one attached hydrogen (secondary N) is 1. The number of hydrogen-bond acceptors (Lipinski definition) is 6. The molecule has 208 valence electrons. The van der Waals surface area contributed by atoms with Crippen LogP contribution in [-0.2, 0) is 26.2 Å². The van der Waals surface area contributed by atoms with Crippen molar-refractivity contribution in [1.82, 2.24) is 10.2 Å². The molecule has 1 aliphatic heterocycles. The summed E-state index contributed by atoms with van der Waals surface area (Å²) in [5, 5.41) is 3.40. The van der Waals surface area contributed by atoms with Gasteiger partial charge in [-0.3, -0.25) is 13.9 Å². The molecule has 0 saturated carbocycles. The number of nitrogens with zero attached hydrogens (tertiary/aromatic N) is 2. The number of amides is 2. The summed E-state index contributed by atoms with van der Waals surface area (Å²) >= 11 is 6.40. The third-order valence-electron chi connectivity index (χ3n) is 6.48. The SMILES string of the molecule is CC[C@H](C)NC(=O)[C@H](CC)N(Cc1ccccc1Cl)C(=O)CN(c1ccc2c(c1)OCCO2)S(=O)(=O)CC. The van der Waals surface area contributed by atoms with Gasteiger partial charge in [0.2, 0.25) is 21.8 Å². The van der Waals surface area contributed by atoms with Crippen molar-refractivity contribution < 1.29 is 27.5 Å². The van der Waals surface area contributed by atoms with E-state index in [9.17, 15) is 18.0 Å². The maximum atomic E-state index is 13.9. The van der Waals surface area contributed by atoms with E-state index in [2.05, 4.69) is 5.32 Å². The van der Waals surface area contributed by atoms with Crippen LogP contribution in [-0.4, -0.2) is 62.7 Å². The lowest BCUT2D eigenvalue weighted by Gasteiger charge is -2.34. The van der Waals surface area contributed by atoms with E-state index in [-0.39, 0.29) is 29.9 Å². The van der Waals surface area contributed by atoms with Crippen molar-refractivity contribution >= 4 is 39.1 Å². The first kappa shape index (κ1) is 29.6. The molecule has 11 heteroatoms. The van der Waals surface area contributed by atoms with E-state index in [0.717, 1.165) is 10.7 Å². The highest BCUT2D eigenvalue weighted by Crippen LogP contribution is 2.35. The molecule has 2 atom stereocenters.